The number of aromatic nitrogens is 2. The van der Waals surface area contributed by atoms with Gasteiger partial charge in [-0.2, -0.15) is 0 Å². The van der Waals surface area contributed by atoms with Crippen LogP contribution in [0.1, 0.15) is 18.4 Å². The minimum atomic E-state index is -0.232. The third-order valence-corrected chi connectivity index (χ3v) is 4.88. The molecule has 4 rings (SSSR count). The van der Waals surface area contributed by atoms with E-state index >= 15 is 0 Å². The monoisotopic (exact) mass is 355 g/mol. The molecule has 3 aromatic rings. The predicted molar refractivity (Wildman–Crippen MR) is 99.0 cm³/mol. The largest absolute Gasteiger partial charge is 0.507 e. The van der Waals surface area contributed by atoms with Crippen molar-refractivity contribution in [2.45, 2.75) is 31.9 Å². The molecule has 0 saturated heterocycles. The molecular formula is C19H18ClN3O2. The molecule has 1 aliphatic carbocycles. The highest BCUT2D eigenvalue weighted by atomic mass is 35.5. The second-order valence-electron chi connectivity index (χ2n) is 6.53. The van der Waals surface area contributed by atoms with E-state index < -0.39 is 0 Å². The number of aliphatic hydroxyl groups is 1. The van der Waals surface area contributed by atoms with Gasteiger partial charge in [-0.25, -0.2) is 0 Å². The number of nitrogens with zero attached hydrogens (tertiary/aromatic N) is 2. The Hall–Kier alpha value is -2.37. The zero-order valence-corrected chi connectivity index (χ0v) is 14.5. The van der Waals surface area contributed by atoms with Gasteiger partial charge in [0.25, 0.3) is 0 Å². The Bertz CT molecular complexity index is 932. The van der Waals surface area contributed by atoms with E-state index in [9.17, 15) is 10.2 Å². The maximum absolute atomic E-state index is 10.4. The van der Waals surface area contributed by atoms with E-state index in [0.717, 1.165) is 29.2 Å². The molecule has 1 saturated carbocycles. The number of fused-ring (bicyclic) bond motifs is 1. The highest BCUT2D eigenvalue weighted by Crippen LogP contribution is 2.38. The number of aryl methyl sites for hydroxylation is 1. The molecule has 2 aromatic carbocycles. The number of rotatable bonds is 3. The zero-order valence-electron chi connectivity index (χ0n) is 13.7. The van der Waals surface area contributed by atoms with Crippen molar-refractivity contribution in [2.75, 3.05) is 5.32 Å². The Morgan fingerprint density at radius 3 is 2.52 bits per heavy atom. The van der Waals surface area contributed by atoms with E-state index in [-0.39, 0.29) is 17.9 Å². The number of anilines is 1. The summed E-state index contributed by atoms with van der Waals surface area (Å²) in [5.41, 5.74) is 2.10. The van der Waals surface area contributed by atoms with Crippen molar-refractivity contribution in [1.29, 1.82) is 0 Å². The maximum Gasteiger partial charge on any atom is 0.156 e. The van der Waals surface area contributed by atoms with Gasteiger partial charge in [-0.3, -0.25) is 0 Å². The van der Waals surface area contributed by atoms with Crippen molar-refractivity contribution < 1.29 is 10.2 Å². The smallest absolute Gasteiger partial charge is 0.156 e. The molecule has 5 nitrogen and oxygen atoms in total. The average Bonchev–Trinajstić information content (AvgIpc) is 2.54. The molecule has 0 bridgehead atoms. The molecule has 0 radical (unpaired) electrons. The summed E-state index contributed by atoms with van der Waals surface area (Å²) in [6.45, 7) is 1.89. The van der Waals surface area contributed by atoms with Crippen LogP contribution in [0.2, 0.25) is 5.02 Å². The number of phenols is 1. The second-order valence-corrected chi connectivity index (χ2v) is 6.96. The highest BCUT2D eigenvalue weighted by Gasteiger charge is 2.28. The van der Waals surface area contributed by atoms with Crippen LogP contribution in [0.4, 0.5) is 5.82 Å². The van der Waals surface area contributed by atoms with Gasteiger partial charge in [0.2, 0.25) is 0 Å². The maximum atomic E-state index is 10.4. The Balaban J connectivity index is 1.84. The fourth-order valence-electron chi connectivity index (χ4n) is 3.33. The zero-order chi connectivity index (χ0) is 17.6. The number of benzene rings is 2. The van der Waals surface area contributed by atoms with Crippen LogP contribution in [0.3, 0.4) is 0 Å². The molecule has 1 heterocycles. The summed E-state index contributed by atoms with van der Waals surface area (Å²) in [4.78, 5) is 0. The number of aromatic hydroxyl groups is 1. The van der Waals surface area contributed by atoms with Gasteiger partial charge in [0, 0.05) is 27.4 Å². The highest BCUT2D eigenvalue weighted by molar-refractivity contribution is 6.31. The SMILES string of the molecule is Cc1cc(Cl)cc(O)c1-c1nnc(NC2CC(O)C2)c2ccccc12. The summed E-state index contributed by atoms with van der Waals surface area (Å²) in [5, 5.41) is 34.3. The summed E-state index contributed by atoms with van der Waals surface area (Å²) >= 11 is 6.02. The van der Waals surface area contributed by atoms with E-state index in [1.165, 1.54) is 6.07 Å². The Morgan fingerprint density at radius 1 is 1.12 bits per heavy atom. The van der Waals surface area contributed by atoms with Crippen molar-refractivity contribution in [2.24, 2.45) is 0 Å². The van der Waals surface area contributed by atoms with Gasteiger partial charge in [-0.05, 0) is 37.5 Å². The van der Waals surface area contributed by atoms with Crippen LogP contribution in [0.5, 0.6) is 5.75 Å². The van der Waals surface area contributed by atoms with Crippen LogP contribution in [0.25, 0.3) is 22.0 Å². The van der Waals surface area contributed by atoms with Crippen molar-refractivity contribution in [3.63, 3.8) is 0 Å². The molecule has 0 atom stereocenters. The van der Waals surface area contributed by atoms with Crippen LogP contribution < -0.4 is 5.32 Å². The van der Waals surface area contributed by atoms with Crippen LogP contribution in [0.15, 0.2) is 36.4 Å². The summed E-state index contributed by atoms with van der Waals surface area (Å²) in [5.74, 6) is 0.787. The van der Waals surface area contributed by atoms with E-state index in [4.69, 9.17) is 11.6 Å². The van der Waals surface area contributed by atoms with Gasteiger partial charge in [-0.15, -0.1) is 10.2 Å². The van der Waals surface area contributed by atoms with Crippen LogP contribution in [-0.4, -0.2) is 32.6 Å². The average molecular weight is 356 g/mol. The fraction of sp³-hybridized carbons (Fsp3) is 0.263. The number of hydrogen-bond donors (Lipinski definition) is 3. The third-order valence-electron chi connectivity index (χ3n) is 4.66. The molecule has 0 spiro atoms. The predicted octanol–water partition coefficient (Wildman–Crippen LogP) is 3.90. The Kier molecular flexibility index (Phi) is 3.98. The van der Waals surface area contributed by atoms with Crippen LogP contribution >= 0.6 is 11.6 Å². The molecule has 1 aromatic heterocycles. The van der Waals surface area contributed by atoms with Gasteiger partial charge in [0.05, 0.1) is 6.10 Å². The lowest BCUT2D eigenvalue weighted by molar-refractivity contribution is 0.0835. The molecule has 0 aliphatic heterocycles. The Labute approximate surface area is 150 Å². The molecule has 6 heteroatoms. The van der Waals surface area contributed by atoms with Gasteiger partial charge in [0.15, 0.2) is 5.82 Å². The molecule has 1 aliphatic rings. The summed E-state index contributed by atoms with van der Waals surface area (Å²) in [6.07, 6.45) is 1.20. The summed E-state index contributed by atoms with van der Waals surface area (Å²) in [7, 11) is 0. The van der Waals surface area contributed by atoms with Crippen LogP contribution in [0, 0.1) is 6.92 Å². The lowest BCUT2D eigenvalue weighted by Gasteiger charge is -2.32. The van der Waals surface area contributed by atoms with Gasteiger partial charge in [0.1, 0.15) is 11.4 Å². The quantitative estimate of drug-likeness (QED) is 0.664. The molecule has 1 fully saturated rings. The number of phenolic OH excluding ortho intramolecular Hbond substituents is 1. The number of halogens is 1. The molecular weight excluding hydrogens is 338 g/mol. The Morgan fingerprint density at radius 2 is 1.84 bits per heavy atom. The van der Waals surface area contributed by atoms with Gasteiger partial charge < -0.3 is 15.5 Å². The number of aliphatic hydroxyl groups excluding tert-OH is 1. The van der Waals surface area contributed by atoms with Crippen molar-refractivity contribution in [3.8, 4) is 17.0 Å². The first-order valence-corrected chi connectivity index (χ1v) is 8.60. The topological polar surface area (TPSA) is 78.3 Å². The van der Waals surface area contributed by atoms with E-state index in [0.29, 0.717) is 22.1 Å². The first-order chi connectivity index (χ1) is 12.0. The molecule has 0 unspecified atom stereocenters. The third kappa shape index (κ3) is 2.90. The van der Waals surface area contributed by atoms with Gasteiger partial charge >= 0.3 is 0 Å². The molecule has 3 N–H and O–H groups in total. The first-order valence-electron chi connectivity index (χ1n) is 8.22. The molecule has 25 heavy (non-hydrogen) atoms. The van der Waals surface area contributed by atoms with Crippen LogP contribution in [-0.2, 0) is 0 Å². The fourth-order valence-corrected chi connectivity index (χ4v) is 3.59. The molecule has 128 valence electrons. The van der Waals surface area contributed by atoms with E-state index in [1.807, 2.05) is 31.2 Å². The van der Waals surface area contributed by atoms with Gasteiger partial charge in [-0.1, -0.05) is 35.9 Å². The normalized spacial score (nSPS) is 19.6. The lowest BCUT2D eigenvalue weighted by atomic mass is 9.89. The second kappa shape index (κ2) is 6.17. The minimum absolute atomic E-state index is 0.0901. The van der Waals surface area contributed by atoms with E-state index in [1.54, 1.807) is 6.07 Å². The first kappa shape index (κ1) is 16.1. The molecule has 0 amide bonds. The number of nitrogens with one attached hydrogen (secondary N) is 1. The lowest BCUT2D eigenvalue weighted by Crippen LogP contribution is -2.39. The standard InChI is InChI=1S/C19H18ClN3O2/c1-10-6-11(20)7-16(25)17(10)18-14-4-2-3-5-15(14)19(23-22-18)21-12-8-13(24)9-12/h2-7,12-13,24-25H,8-9H2,1H3,(H,21,23). The number of hydrogen-bond acceptors (Lipinski definition) is 5. The van der Waals surface area contributed by atoms with E-state index in [2.05, 4.69) is 15.5 Å². The summed E-state index contributed by atoms with van der Waals surface area (Å²) < 4.78 is 0. The van der Waals surface area contributed by atoms with Crippen molar-refractivity contribution in [3.05, 3.63) is 47.0 Å². The minimum Gasteiger partial charge on any atom is -0.507 e. The van der Waals surface area contributed by atoms with Crippen molar-refractivity contribution >= 4 is 28.2 Å². The van der Waals surface area contributed by atoms with Crippen molar-refractivity contribution in [1.82, 2.24) is 10.2 Å². The summed E-state index contributed by atoms with van der Waals surface area (Å²) in [6, 6.07) is 11.4.